The summed E-state index contributed by atoms with van der Waals surface area (Å²) in [4.78, 5) is 8.67. The molecule has 0 aromatic carbocycles. The van der Waals surface area contributed by atoms with Crippen LogP contribution in [0.5, 0.6) is 11.8 Å². The monoisotopic (exact) mass is 258 g/mol. The summed E-state index contributed by atoms with van der Waals surface area (Å²) in [6, 6.07) is 9.56. The van der Waals surface area contributed by atoms with Crippen molar-refractivity contribution in [3.8, 4) is 11.8 Å². The Balaban J connectivity index is 2.03. The van der Waals surface area contributed by atoms with E-state index in [4.69, 9.17) is 9.47 Å². The molecular formula is C15H18N2O2. The first-order valence-electron chi connectivity index (χ1n) is 6.35. The fourth-order valence-electron chi connectivity index (χ4n) is 1.70. The summed E-state index contributed by atoms with van der Waals surface area (Å²) in [5, 5.41) is 0. The summed E-state index contributed by atoms with van der Waals surface area (Å²) in [5.74, 6) is 1.28. The molecule has 0 saturated carbocycles. The molecule has 0 bridgehead atoms. The lowest BCUT2D eigenvalue weighted by Gasteiger charge is -2.09. The Kier molecular flexibility index (Phi) is 4.34. The standard InChI is InChI=1S/C15H18N2O2/c1-4-18-15-9-8-13(12(3)17-15)10-19-14-7-5-6-11(2)16-14/h5-9H,4,10H2,1-3H3. The second-order valence-corrected chi connectivity index (χ2v) is 4.23. The Morgan fingerprint density at radius 2 is 1.74 bits per heavy atom. The maximum Gasteiger partial charge on any atom is 0.213 e. The van der Waals surface area contributed by atoms with Crippen molar-refractivity contribution in [2.45, 2.75) is 27.4 Å². The Labute approximate surface area is 113 Å². The molecule has 4 heteroatoms. The van der Waals surface area contributed by atoms with Crippen LogP contribution in [-0.4, -0.2) is 16.6 Å². The van der Waals surface area contributed by atoms with Gasteiger partial charge in [0.1, 0.15) is 6.61 Å². The molecule has 4 nitrogen and oxygen atoms in total. The molecule has 0 N–H and O–H groups in total. The van der Waals surface area contributed by atoms with E-state index in [2.05, 4.69) is 9.97 Å². The fourth-order valence-corrected chi connectivity index (χ4v) is 1.70. The van der Waals surface area contributed by atoms with E-state index in [-0.39, 0.29) is 0 Å². The summed E-state index contributed by atoms with van der Waals surface area (Å²) in [5.41, 5.74) is 2.89. The number of ether oxygens (including phenoxy) is 2. The first-order valence-corrected chi connectivity index (χ1v) is 6.35. The van der Waals surface area contributed by atoms with E-state index in [1.807, 2.05) is 51.1 Å². The highest BCUT2D eigenvalue weighted by Crippen LogP contribution is 2.15. The highest BCUT2D eigenvalue weighted by molar-refractivity contribution is 5.25. The molecule has 100 valence electrons. The van der Waals surface area contributed by atoms with Gasteiger partial charge in [-0.25, -0.2) is 9.97 Å². The topological polar surface area (TPSA) is 44.2 Å². The highest BCUT2D eigenvalue weighted by atomic mass is 16.5. The van der Waals surface area contributed by atoms with Crippen molar-refractivity contribution in [3.63, 3.8) is 0 Å². The molecule has 2 aromatic rings. The highest BCUT2D eigenvalue weighted by Gasteiger charge is 2.04. The molecule has 0 unspecified atom stereocenters. The van der Waals surface area contributed by atoms with Crippen LogP contribution in [0.25, 0.3) is 0 Å². The van der Waals surface area contributed by atoms with Crippen LogP contribution in [0.15, 0.2) is 30.3 Å². The molecule has 0 aliphatic carbocycles. The molecule has 0 fully saturated rings. The molecule has 19 heavy (non-hydrogen) atoms. The average molecular weight is 258 g/mol. The minimum Gasteiger partial charge on any atom is -0.478 e. The van der Waals surface area contributed by atoms with Gasteiger partial charge in [0.2, 0.25) is 11.8 Å². The fraction of sp³-hybridized carbons (Fsp3) is 0.333. The maximum atomic E-state index is 5.66. The van der Waals surface area contributed by atoms with Crippen LogP contribution >= 0.6 is 0 Å². The molecule has 0 amide bonds. The summed E-state index contributed by atoms with van der Waals surface area (Å²) >= 11 is 0. The van der Waals surface area contributed by atoms with Crippen molar-refractivity contribution >= 4 is 0 Å². The van der Waals surface area contributed by atoms with Gasteiger partial charge in [-0.3, -0.25) is 0 Å². The van der Waals surface area contributed by atoms with E-state index in [0.717, 1.165) is 17.0 Å². The zero-order chi connectivity index (χ0) is 13.7. The van der Waals surface area contributed by atoms with E-state index < -0.39 is 0 Å². The molecule has 0 radical (unpaired) electrons. The van der Waals surface area contributed by atoms with Crippen molar-refractivity contribution in [1.82, 2.24) is 9.97 Å². The van der Waals surface area contributed by atoms with Gasteiger partial charge in [0, 0.05) is 29.1 Å². The summed E-state index contributed by atoms with van der Waals surface area (Å²) in [7, 11) is 0. The minimum atomic E-state index is 0.460. The third kappa shape index (κ3) is 3.68. The molecule has 0 atom stereocenters. The lowest BCUT2D eigenvalue weighted by Crippen LogP contribution is -2.03. The lowest BCUT2D eigenvalue weighted by molar-refractivity contribution is 0.290. The van der Waals surface area contributed by atoms with Gasteiger partial charge < -0.3 is 9.47 Å². The predicted molar refractivity (Wildman–Crippen MR) is 73.4 cm³/mol. The average Bonchev–Trinajstić information content (AvgIpc) is 2.38. The molecular weight excluding hydrogens is 240 g/mol. The van der Waals surface area contributed by atoms with Crippen molar-refractivity contribution in [2.24, 2.45) is 0 Å². The third-order valence-corrected chi connectivity index (χ3v) is 2.70. The second kappa shape index (κ2) is 6.18. The van der Waals surface area contributed by atoms with Gasteiger partial charge in [-0.2, -0.15) is 0 Å². The van der Waals surface area contributed by atoms with Gasteiger partial charge in [0.25, 0.3) is 0 Å². The Bertz CT molecular complexity index is 556. The van der Waals surface area contributed by atoms with Crippen molar-refractivity contribution in [1.29, 1.82) is 0 Å². The Morgan fingerprint density at radius 1 is 0.947 bits per heavy atom. The van der Waals surface area contributed by atoms with Gasteiger partial charge in [0.05, 0.1) is 6.61 Å². The summed E-state index contributed by atoms with van der Waals surface area (Å²) in [6.07, 6.45) is 0. The van der Waals surface area contributed by atoms with Crippen LogP contribution in [0.4, 0.5) is 0 Å². The zero-order valence-electron chi connectivity index (χ0n) is 11.5. The second-order valence-electron chi connectivity index (χ2n) is 4.23. The van der Waals surface area contributed by atoms with Crippen molar-refractivity contribution < 1.29 is 9.47 Å². The molecule has 0 aliphatic rings. The van der Waals surface area contributed by atoms with Gasteiger partial charge in [-0.1, -0.05) is 6.07 Å². The smallest absolute Gasteiger partial charge is 0.213 e. The maximum absolute atomic E-state index is 5.66. The number of hydrogen-bond acceptors (Lipinski definition) is 4. The number of nitrogens with zero attached hydrogens (tertiary/aromatic N) is 2. The van der Waals surface area contributed by atoms with Gasteiger partial charge >= 0.3 is 0 Å². The molecule has 0 aliphatic heterocycles. The number of rotatable bonds is 5. The molecule has 2 heterocycles. The largest absolute Gasteiger partial charge is 0.478 e. The molecule has 0 spiro atoms. The minimum absolute atomic E-state index is 0.460. The number of pyridine rings is 2. The number of hydrogen-bond donors (Lipinski definition) is 0. The number of aromatic nitrogens is 2. The Morgan fingerprint density at radius 3 is 2.42 bits per heavy atom. The van der Waals surface area contributed by atoms with E-state index in [9.17, 15) is 0 Å². The van der Waals surface area contributed by atoms with Crippen LogP contribution in [0.2, 0.25) is 0 Å². The van der Waals surface area contributed by atoms with E-state index in [1.54, 1.807) is 0 Å². The Hall–Kier alpha value is -2.10. The SMILES string of the molecule is CCOc1ccc(COc2cccc(C)n2)c(C)n1. The van der Waals surface area contributed by atoms with Crippen LogP contribution in [0, 0.1) is 13.8 Å². The van der Waals surface area contributed by atoms with Crippen LogP contribution < -0.4 is 9.47 Å². The number of aryl methyl sites for hydroxylation is 2. The summed E-state index contributed by atoms with van der Waals surface area (Å²) < 4.78 is 11.0. The lowest BCUT2D eigenvalue weighted by atomic mass is 10.2. The molecule has 2 rings (SSSR count). The van der Waals surface area contributed by atoms with Gasteiger partial charge in [-0.05, 0) is 32.9 Å². The normalized spacial score (nSPS) is 10.3. The van der Waals surface area contributed by atoms with Crippen molar-refractivity contribution in [2.75, 3.05) is 6.61 Å². The van der Waals surface area contributed by atoms with E-state index in [0.29, 0.717) is 25.0 Å². The van der Waals surface area contributed by atoms with Crippen LogP contribution in [0.3, 0.4) is 0 Å². The van der Waals surface area contributed by atoms with Crippen molar-refractivity contribution in [3.05, 3.63) is 47.3 Å². The first-order chi connectivity index (χ1) is 9.19. The van der Waals surface area contributed by atoms with E-state index >= 15 is 0 Å². The van der Waals surface area contributed by atoms with Crippen LogP contribution in [-0.2, 0) is 6.61 Å². The zero-order valence-corrected chi connectivity index (χ0v) is 11.5. The van der Waals surface area contributed by atoms with Crippen LogP contribution in [0.1, 0.15) is 23.9 Å². The molecule has 0 saturated heterocycles. The molecule has 2 aromatic heterocycles. The third-order valence-electron chi connectivity index (χ3n) is 2.70. The first kappa shape index (κ1) is 13.3. The predicted octanol–water partition coefficient (Wildman–Crippen LogP) is 3.07. The van der Waals surface area contributed by atoms with Gasteiger partial charge in [-0.15, -0.1) is 0 Å². The van der Waals surface area contributed by atoms with Gasteiger partial charge in [0.15, 0.2) is 0 Å². The summed E-state index contributed by atoms with van der Waals surface area (Å²) in [6.45, 7) is 6.91. The quantitative estimate of drug-likeness (QED) is 0.826. The van der Waals surface area contributed by atoms with E-state index in [1.165, 1.54) is 0 Å².